The molecule has 0 aliphatic heterocycles. The molecule has 1 N–H and O–H groups in total. The molecule has 4 rings (SSSR count). The van der Waals surface area contributed by atoms with Crippen LogP contribution in [0.2, 0.25) is 0 Å². The molecule has 4 aromatic rings. The van der Waals surface area contributed by atoms with E-state index in [0.717, 1.165) is 27.8 Å². The molecule has 0 aliphatic carbocycles. The van der Waals surface area contributed by atoms with Gasteiger partial charge in [0.15, 0.2) is 11.0 Å². The van der Waals surface area contributed by atoms with Gasteiger partial charge in [-0.25, -0.2) is 0 Å². The van der Waals surface area contributed by atoms with Crippen molar-refractivity contribution in [2.75, 3.05) is 5.75 Å². The van der Waals surface area contributed by atoms with Crippen molar-refractivity contribution in [3.63, 3.8) is 0 Å². The zero-order valence-electron chi connectivity index (χ0n) is 13.9. The van der Waals surface area contributed by atoms with Gasteiger partial charge in [-0.2, -0.15) is 0 Å². The first-order chi connectivity index (χ1) is 12.3. The highest BCUT2D eigenvalue weighted by Crippen LogP contribution is 2.29. The van der Waals surface area contributed by atoms with Crippen molar-refractivity contribution in [1.82, 2.24) is 19.7 Å². The number of nitrogens with one attached hydrogen (secondary N) is 1. The van der Waals surface area contributed by atoms with Crippen molar-refractivity contribution < 1.29 is 0 Å². The molecule has 0 amide bonds. The molecule has 25 heavy (non-hydrogen) atoms. The summed E-state index contributed by atoms with van der Waals surface area (Å²) in [4.78, 5) is 3.29. The average molecular weight is 346 g/mol. The van der Waals surface area contributed by atoms with Gasteiger partial charge in [0, 0.05) is 35.5 Å². The summed E-state index contributed by atoms with van der Waals surface area (Å²) in [7, 11) is 2.01. The molecular weight excluding hydrogens is 328 g/mol. The topological polar surface area (TPSA) is 46.5 Å². The Hall–Kier alpha value is -2.79. The Kier molecular flexibility index (Phi) is 4.39. The fourth-order valence-electron chi connectivity index (χ4n) is 2.80. The van der Waals surface area contributed by atoms with Crippen molar-refractivity contribution in [2.45, 2.75) is 5.16 Å². The third kappa shape index (κ3) is 3.23. The summed E-state index contributed by atoms with van der Waals surface area (Å²) in [6.45, 7) is 0. The highest BCUT2D eigenvalue weighted by Gasteiger charge is 2.14. The van der Waals surface area contributed by atoms with Crippen LogP contribution in [-0.4, -0.2) is 25.5 Å². The van der Waals surface area contributed by atoms with Crippen LogP contribution < -0.4 is 0 Å². The number of nitrogens with zero attached hydrogens (tertiary/aromatic N) is 3. The van der Waals surface area contributed by atoms with Crippen molar-refractivity contribution in [2.24, 2.45) is 7.05 Å². The number of H-pyrrole nitrogens is 1. The van der Waals surface area contributed by atoms with E-state index in [4.69, 9.17) is 0 Å². The molecule has 0 aliphatic rings. The van der Waals surface area contributed by atoms with Crippen LogP contribution in [0.4, 0.5) is 0 Å². The molecule has 124 valence electrons. The van der Waals surface area contributed by atoms with Gasteiger partial charge in [-0.05, 0) is 11.6 Å². The Morgan fingerprint density at radius 2 is 1.84 bits per heavy atom. The number of para-hydroxylation sites is 1. The van der Waals surface area contributed by atoms with Crippen LogP contribution in [0, 0.1) is 0 Å². The largest absolute Gasteiger partial charge is 0.360 e. The minimum absolute atomic E-state index is 0.856. The van der Waals surface area contributed by atoms with E-state index < -0.39 is 0 Å². The third-order valence-corrected chi connectivity index (χ3v) is 5.06. The van der Waals surface area contributed by atoms with Crippen molar-refractivity contribution in [3.05, 3.63) is 72.4 Å². The van der Waals surface area contributed by atoms with E-state index in [-0.39, 0.29) is 0 Å². The SMILES string of the molecule is Cn1c(SC/C=C/c2ccccc2)nnc1-c1c[nH]c2ccccc12. The first kappa shape index (κ1) is 15.7. The van der Waals surface area contributed by atoms with Crippen LogP contribution in [0.5, 0.6) is 0 Å². The molecule has 0 fully saturated rings. The normalized spacial score (nSPS) is 11.6. The molecule has 2 aromatic carbocycles. The van der Waals surface area contributed by atoms with Gasteiger partial charge in [0.2, 0.25) is 0 Å². The fourth-order valence-corrected chi connectivity index (χ4v) is 3.52. The van der Waals surface area contributed by atoms with E-state index in [1.54, 1.807) is 11.8 Å². The summed E-state index contributed by atoms with van der Waals surface area (Å²) in [5.41, 5.74) is 3.40. The first-order valence-corrected chi connectivity index (χ1v) is 9.12. The molecule has 2 aromatic heterocycles. The van der Waals surface area contributed by atoms with Gasteiger partial charge in [0.1, 0.15) is 0 Å². The van der Waals surface area contributed by atoms with E-state index in [2.05, 4.69) is 56.2 Å². The van der Waals surface area contributed by atoms with Gasteiger partial charge in [-0.1, -0.05) is 72.4 Å². The average Bonchev–Trinajstić information content (AvgIpc) is 3.23. The Morgan fingerprint density at radius 3 is 2.72 bits per heavy atom. The minimum Gasteiger partial charge on any atom is -0.360 e. The molecule has 4 nitrogen and oxygen atoms in total. The van der Waals surface area contributed by atoms with Crippen molar-refractivity contribution >= 4 is 28.7 Å². The van der Waals surface area contributed by atoms with E-state index >= 15 is 0 Å². The lowest BCUT2D eigenvalue weighted by Gasteiger charge is -2.02. The smallest absolute Gasteiger partial charge is 0.191 e. The van der Waals surface area contributed by atoms with Crippen LogP contribution in [0.1, 0.15) is 5.56 Å². The Bertz CT molecular complexity index is 1010. The standard InChI is InChI=1S/C20H18N4S/c1-24-19(17-14-21-18-12-6-5-11-16(17)18)22-23-20(24)25-13-7-10-15-8-3-2-4-9-15/h2-12,14,21H,13H2,1H3/b10-7+. The van der Waals surface area contributed by atoms with Crippen LogP contribution >= 0.6 is 11.8 Å². The molecular formula is C20H18N4S. The van der Waals surface area contributed by atoms with Crippen LogP contribution in [0.25, 0.3) is 28.4 Å². The highest BCUT2D eigenvalue weighted by atomic mass is 32.2. The van der Waals surface area contributed by atoms with E-state index in [1.165, 1.54) is 10.9 Å². The molecule has 5 heteroatoms. The predicted octanol–water partition coefficient (Wildman–Crippen LogP) is 4.77. The molecule has 0 radical (unpaired) electrons. The molecule has 2 heterocycles. The lowest BCUT2D eigenvalue weighted by atomic mass is 10.1. The summed E-state index contributed by atoms with van der Waals surface area (Å²) in [5, 5.41) is 10.8. The van der Waals surface area contributed by atoms with E-state index in [1.807, 2.05) is 43.6 Å². The Balaban J connectivity index is 1.51. The van der Waals surface area contributed by atoms with Crippen LogP contribution in [-0.2, 0) is 7.05 Å². The maximum atomic E-state index is 4.39. The second-order valence-electron chi connectivity index (χ2n) is 5.74. The summed E-state index contributed by atoms with van der Waals surface area (Å²) in [6, 6.07) is 18.5. The molecule has 0 atom stereocenters. The number of benzene rings is 2. The minimum atomic E-state index is 0.856. The molecule has 0 saturated heterocycles. The van der Waals surface area contributed by atoms with E-state index in [9.17, 15) is 0 Å². The zero-order valence-corrected chi connectivity index (χ0v) is 14.7. The van der Waals surface area contributed by atoms with Gasteiger partial charge in [0.05, 0.1) is 0 Å². The summed E-state index contributed by atoms with van der Waals surface area (Å²) in [6.07, 6.45) is 6.28. The number of aromatic nitrogens is 4. The van der Waals surface area contributed by atoms with Crippen molar-refractivity contribution in [3.8, 4) is 11.4 Å². The third-order valence-electron chi connectivity index (χ3n) is 4.08. The van der Waals surface area contributed by atoms with Gasteiger partial charge in [-0.15, -0.1) is 10.2 Å². The highest BCUT2D eigenvalue weighted by molar-refractivity contribution is 7.99. The predicted molar refractivity (Wildman–Crippen MR) is 104 cm³/mol. The van der Waals surface area contributed by atoms with Gasteiger partial charge in [-0.3, -0.25) is 0 Å². The second-order valence-corrected chi connectivity index (χ2v) is 6.72. The quantitative estimate of drug-likeness (QED) is 0.530. The second kappa shape index (κ2) is 6.99. The van der Waals surface area contributed by atoms with Crippen LogP contribution in [0.3, 0.4) is 0 Å². The number of rotatable bonds is 5. The summed E-state index contributed by atoms with van der Waals surface area (Å²) in [5.74, 6) is 1.74. The van der Waals surface area contributed by atoms with Gasteiger partial charge < -0.3 is 9.55 Å². The lowest BCUT2D eigenvalue weighted by Crippen LogP contribution is -1.94. The molecule has 0 unspecified atom stereocenters. The Morgan fingerprint density at radius 1 is 1.04 bits per heavy atom. The Labute approximate surface area is 150 Å². The monoisotopic (exact) mass is 346 g/mol. The van der Waals surface area contributed by atoms with Gasteiger partial charge >= 0.3 is 0 Å². The number of hydrogen-bond donors (Lipinski definition) is 1. The molecule has 0 bridgehead atoms. The summed E-state index contributed by atoms with van der Waals surface area (Å²) >= 11 is 1.68. The fraction of sp³-hybridized carbons (Fsp3) is 0.100. The first-order valence-electron chi connectivity index (χ1n) is 8.13. The van der Waals surface area contributed by atoms with Gasteiger partial charge in [0.25, 0.3) is 0 Å². The molecule has 0 saturated carbocycles. The van der Waals surface area contributed by atoms with Crippen LogP contribution in [0.15, 0.2) is 72.0 Å². The van der Waals surface area contributed by atoms with E-state index in [0.29, 0.717) is 0 Å². The number of hydrogen-bond acceptors (Lipinski definition) is 3. The lowest BCUT2D eigenvalue weighted by molar-refractivity contribution is 0.795. The number of thioether (sulfide) groups is 1. The maximum Gasteiger partial charge on any atom is 0.191 e. The number of aromatic amines is 1. The zero-order chi connectivity index (χ0) is 17.1. The summed E-state index contributed by atoms with van der Waals surface area (Å²) < 4.78 is 2.05. The maximum absolute atomic E-state index is 4.39. The van der Waals surface area contributed by atoms with Crippen molar-refractivity contribution in [1.29, 1.82) is 0 Å². The molecule has 0 spiro atoms. The number of fused-ring (bicyclic) bond motifs is 1.